The third-order valence-electron chi connectivity index (χ3n) is 16.4. The number of hydrogen-bond donors (Lipinski definition) is 3. The average molecular weight is 1280 g/mol. The number of ether oxygens (including phenoxy) is 4. The van der Waals surface area contributed by atoms with Crippen LogP contribution in [0.4, 0.5) is 0 Å². The Kier molecular flexibility index (Phi) is 59.0. The van der Waals surface area contributed by atoms with Gasteiger partial charge >= 0.3 is 39.5 Å². The molecule has 0 spiro atoms. The molecule has 0 aliphatic carbocycles. The second kappa shape index (κ2) is 60.3. The van der Waals surface area contributed by atoms with E-state index in [4.69, 9.17) is 37.0 Å². The number of aliphatic hydroxyl groups is 1. The zero-order valence-electron chi connectivity index (χ0n) is 56.3. The predicted molar refractivity (Wildman–Crippen MR) is 349 cm³/mol. The second-order valence-corrected chi connectivity index (χ2v) is 28.0. The van der Waals surface area contributed by atoms with Gasteiger partial charge in [0, 0.05) is 25.7 Å². The summed E-state index contributed by atoms with van der Waals surface area (Å²) in [6.07, 6.45) is 44.2. The van der Waals surface area contributed by atoms with Crippen molar-refractivity contribution in [1.29, 1.82) is 0 Å². The molecular weight excluding hydrogens is 1150 g/mol. The molecule has 4 unspecified atom stereocenters. The molecule has 3 N–H and O–H groups in total. The number of esters is 4. The molecule has 17 nitrogen and oxygen atoms in total. The van der Waals surface area contributed by atoms with Crippen molar-refractivity contribution in [3.63, 3.8) is 0 Å². The highest BCUT2D eigenvalue weighted by molar-refractivity contribution is 7.47. The summed E-state index contributed by atoms with van der Waals surface area (Å²) in [6.45, 7) is 9.56. The fourth-order valence-corrected chi connectivity index (χ4v) is 11.8. The number of aliphatic hydroxyl groups excluding tert-OH is 1. The fourth-order valence-electron chi connectivity index (χ4n) is 10.2. The number of hydrogen-bond acceptors (Lipinski definition) is 15. The molecule has 0 aliphatic heterocycles. The quantitative estimate of drug-likeness (QED) is 0.0222. The lowest BCUT2D eigenvalue weighted by Gasteiger charge is -2.21. The number of unbranched alkanes of at least 4 members (excludes halogenated alkanes) is 35. The van der Waals surface area contributed by atoms with Gasteiger partial charge in [0.05, 0.1) is 26.4 Å². The molecule has 0 aromatic carbocycles. The largest absolute Gasteiger partial charge is 0.472 e. The van der Waals surface area contributed by atoms with Crippen LogP contribution in [0.3, 0.4) is 0 Å². The molecular formula is C68H132O17P2. The minimum absolute atomic E-state index is 0.106. The van der Waals surface area contributed by atoms with Crippen molar-refractivity contribution >= 4 is 39.5 Å². The smallest absolute Gasteiger partial charge is 0.462 e. The van der Waals surface area contributed by atoms with Gasteiger partial charge in [0.25, 0.3) is 0 Å². The number of carbonyl (C=O) groups excluding carboxylic acids is 4. The minimum atomic E-state index is -4.95. The van der Waals surface area contributed by atoms with E-state index >= 15 is 0 Å². The standard InChI is InChI=1S/C68H132O17P2/c1-7-11-13-15-17-19-20-28-34-40-46-52-67(72)84-63(56-78-65(70)50-44-38-32-18-16-14-12-8-2)58-82-86(74,75)80-54-62(69)55-81-87(76,77)83-59-64(85-68(73)53-47-41-35-29-24-22-26-31-37-43-49-61(6)10-4)57-79-66(71)51-45-39-33-27-23-21-25-30-36-42-48-60(5)9-3/h60-64,69H,7-59H2,1-6H3,(H,74,75)(H,76,77)/t60?,61?,62-,63+,64+/m0/s1. The van der Waals surface area contributed by atoms with Gasteiger partial charge in [-0.1, -0.05) is 292 Å². The van der Waals surface area contributed by atoms with E-state index in [-0.39, 0.29) is 25.7 Å². The first kappa shape index (κ1) is 85.1. The summed E-state index contributed by atoms with van der Waals surface area (Å²) in [5, 5.41) is 10.6. The molecule has 0 saturated heterocycles. The number of rotatable bonds is 67. The Hall–Kier alpha value is -1.94. The van der Waals surface area contributed by atoms with Crippen molar-refractivity contribution < 1.29 is 80.2 Å². The SMILES string of the molecule is CCCCCCCCCCCCCC(=O)O[C@H](COC(=O)CCCCCCCCCC)COP(=O)(O)OC[C@H](O)COP(=O)(O)OC[C@@H](COC(=O)CCCCCCCCCCCCC(C)CC)OC(=O)CCCCCCCCCCCCC(C)CC. The highest BCUT2D eigenvalue weighted by Gasteiger charge is 2.30. The predicted octanol–water partition coefficient (Wildman–Crippen LogP) is 19.2. The number of phosphoric ester groups is 2. The first-order valence-electron chi connectivity index (χ1n) is 35.6. The van der Waals surface area contributed by atoms with E-state index < -0.39 is 97.5 Å². The Morgan fingerprint density at radius 1 is 0.322 bits per heavy atom. The van der Waals surface area contributed by atoms with Gasteiger partial charge in [-0.25, -0.2) is 9.13 Å². The average Bonchev–Trinajstić information content (AvgIpc) is 3.62. The van der Waals surface area contributed by atoms with Crippen LogP contribution in [0.1, 0.15) is 343 Å². The molecule has 516 valence electrons. The van der Waals surface area contributed by atoms with Gasteiger partial charge in [0.1, 0.15) is 19.3 Å². The summed E-state index contributed by atoms with van der Waals surface area (Å²) in [4.78, 5) is 72.4. The summed E-state index contributed by atoms with van der Waals surface area (Å²) in [6, 6.07) is 0. The van der Waals surface area contributed by atoms with Crippen molar-refractivity contribution in [1.82, 2.24) is 0 Å². The zero-order chi connectivity index (χ0) is 64.3. The van der Waals surface area contributed by atoms with Gasteiger partial charge in [-0.15, -0.1) is 0 Å². The Morgan fingerprint density at radius 2 is 0.552 bits per heavy atom. The molecule has 0 radical (unpaired) electrons. The summed E-state index contributed by atoms with van der Waals surface area (Å²) >= 11 is 0. The van der Waals surface area contributed by atoms with Crippen LogP contribution in [0.2, 0.25) is 0 Å². The van der Waals surface area contributed by atoms with Crippen molar-refractivity contribution in [2.45, 2.75) is 362 Å². The third-order valence-corrected chi connectivity index (χ3v) is 18.3. The fraction of sp³-hybridized carbons (Fsp3) is 0.941. The summed E-state index contributed by atoms with van der Waals surface area (Å²) in [7, 11) is -9.89. The molecule has 0 saturated carbocycles. The van der Waals surface area contributed by atoms with Crippen LogP contribution in [0.5, 0.6) is 0 Å². The van der Waals surface area contributed by atoms with E-state index in [9.17, 15) is 43.2 Å². The van der Waals surface area contributed by atoms with Crippen LogP contribution in [0, 0.1) is 11.8 Å². The van der Waals surface area contributed by atoms with Gasteiger partial charge in [-0.2, -0.15) is 0 Å². The van der Waals surface area contributed by atoms with Gasteiger partial charge in [-0.3, -0.25) is 37.3 Å². The lowest BCUT2D eigenvalue weighted by atomic mass is 9.99. The van der Waals surface area contributed by atoms with Crippen LogP contribution < -0.4 is 0 Å². The molecule has 0 amide bonds. The Balaban J connectivity index is 5.24. The molecule has 0 fully saturated rings. The Bertz CT molecular complexity index is 1700. The van der Waals surface area contributed by atoms with Crippen molar-refractivity contribution in [2.75, 3.05) is 39.6 Å². The maximum Gasteiger partial charge on any atom is 0.472 e. The lowest BCUT2D eigenvalue weighted by molar-refractivity contribution is -0.161. The minimum Gasteiger partial charge on any atom is -0.462 e. The van der Waals surface area contributed by atoms with E-state index in [0.717, 1.165) is 108 Å². The van der Waals surface area contributed by atoms with Crippen LogP contribution in [0.15, 0.2) is 0 Å². The molecule has 0 aromatic heterocycles. The summed E-state index contributed by atoms with van der Waals surface area (Å²) < 4.78 is 68.1. The molecule has 19 heteroatoms. The van der Waals surface area contributed by atoms with Crippen molar-refractivity contribution in [3.05, 3.63) is 0 Å². The first-order chi connectivity index (χ1) is 41.9. The number of carbonyl (C=O) groups is 4. The molecule has 87 heavy (non-hydrogen) atoms. The van der Waals surface area contributed by atoms with Crippen molar-refractivity contribution in [2.24, 2.45) is 11.8 Å². The highest BCUT2D eigenvalue weighted by atomic mass is 31.2. The van der Waals surface area contributed by atoms with Gasteiger partial charge in [-0.05, 0) is 37.5 Å². The van der Waals surface area contributed by atoms with Crippen LogP contribution in [0.25, 0.3) is 0 Å². The molecule has 0 bridgehead atoms. The van der Waals surface area contributed by atoms with Crippen molar-refractivity contribution in [3.8, 4) is 0 Å². The van der Waals surface area contributed by atoms with Gasteiger partial charge in [0.2, 0.25) is 0 Å². The van der Waals surface area contributed by atoms with E-state index in [1.807, 2.05) is 0 Å². The second-order valence-electron chi connectivity index (χ2n) is 25.0. The van der Waals surface area contributed by atoms with Crippen LogP contribution in [-0.4, -0.2) is 96.7 Å². The van der Waals surface area contributed by atoms with Crippen LogP contribution >= 0.6 is 15.6 Å². The summed E-state index contributed by atoms with van der Waals surface area (Å²) in [5.41, 5.74) is 0. The van der Waals surface area contributed by atoms with E-state index in [0.29, 0.717) is 25.7 Å². The molecule has 0 rings (SSSR count). The Labute approximate surface area is 530 Å². The molecule has 0 aliphatic rings. The molecule has 0 heterocycles. The van der Waals surface area contributed by atoms with E-state index in [1.165, 1.54) is 154 Å². The zero-order valence-corrected chi connectivity index (χ0v) is 58.1. The maximum atomic E-state index is 13.0. The summed E-state index contributed by atoms with van der Waals surface area (Å²) in [5.74, 6) is -0.516. The van der Waals surface area contributed by atoms with Gasteiger partial charge in [0.15, 0.2) is 12.2 Å². The van der Waals surface area contributed by atoms with Crippen LogP contribution in [-0.2, 0) is 65.4 Å². The molecule has 7 atom stereocenters. The lowest BCUT2D eigenvalue weighted by Crippen LogP contribution is -2.30. The monoisotopic (exact) mass is 1280 g/mol. The maximum absolute atomic E-state index is 13.0. The first-order valence-corrected chi connectivity index (χ1v) is 38.6. The Morgan fingerprint density at radius 3 is 0.816 bits per heavy atom. The third kappa shape index (κ3) is 60.1. The normalized spacial score (nSPS) is 14.8. The highest BCUT2D eigenvalue weighted by Crippen LogP contribution is 2.45. The van der Waals surface area contributed by atoms with E-state index in [2.05, 4.69) is 41.5 Å². The van der Waals surface area contributed by atoms with E-state index in [1.54, 1.807) is 0 Å². The van der Waals surface area contributed by atoms with Gasteiger partial charge < -0.3 is 33.8 Å². The molecule has 0 aromatic rings. The topological polar surface area (TPSA) is 237 Å². The number of phosphoric acid groups is 2.